The van der Waals surface area contributed by atoms with Crippen molar-refractivity contribution in [3.05, 3.63) is 52.9 Å². The van der Waals surface area contributed by atoms with Crippen LogP contribution in [0.3, 0.4) is 0 Å². The molecule has 0 aliphatic heterocycles. The largest absolute Gasteiger partial charge is 0.272 e. The zero-order valence-electron chi connectivity index (χ0n) is 11.5. The van der Waals surface area contributed by atoms with Gasteiger partial charge in [0, 0.05) is 24.7 Å². The van der Waals surface area contributed by atoms with E-state index in [-0.39, 0.29) is 5.56 Å². The Bertz CT molecular complexity index is 595. The van der Waals surface area contributed by atoms with Gasteiger partial charge >= 0.3 is 0 Å². The molecule has 1 heterocycles. The number of aryl methyl sites for hydroxylation is 2. The summed E-state index contributed by atoms with van der Waals surface area (Å²) < 4.78 is 28.8. The van der Waals surface area contributed by atoms with Crippen molar-refractivity contribution in [2.45, 2.75) is 25.8 Å². The Hall–Kier alpha value is -1.79. The predicted molar refractivity (Wildman–Crippen MR) is 72.7 cm³/mol. The molecule has 1 aromatic heterocycles. The number of nitrogens with zero attached hydrogens (tertiary/aromatic N) is 2. The second-order valence-corrected chi connectivity index (χ2v) is 4.67. The summed E-state index contributed by atoms with van der Waals surface area (Å²) >= 11 is 0. The van der Waals surface area contributed by atoms with Gasteiger partial charge in [-0.05, 0) is 18.6 Å². The number of hydrogen-bond acceptors (Lipinski definition) is 3. The predicted octanol–water partition coefficient (Wildman–Crippen LogP) is 2.01. The number of nitrogens with one attached hydrogen (secondary N) is 1. The van der Waals surface area contributed by atoms with Crippen molar-refractivity contribution in [2.75, 3.05) is 0 Å². The Balaban J connectivity index is 2.28. The summed E-state index contributed by atoms with van der Waals surface area (Å²) in [5.74, 6) is 3.75. The van der Waals surface area contributed by atoms with Crippen molar-refractivity contribution in [3.63, 3.8) is 0 Å². The quantitative estimate of drug-likeness (QED) is 0.650. The molecule has 2 aromatic rings. The van der Waals surface area contributed by atoms with Crippen LogP contribution < -0.4 is 11.3 Å². The van der Waals surface area contributed by atoms with Crippen LogP contribution in [0.1, 0.15) is 29.9 Å². The lowest BCUT2D eigenvalue weighted by atomic mass is 10.0. The number of benzene rings is 1. The van der Waals surface area contributed by atoms with Crippen LogP contribution >= 0.6 is 0 Å². The Morgan fingerprint density at radius 1 is 1.40 bits per heavy atom. The van der Waals surface area contributed by atoms with Gasteiger partial charge in [-0.3, -0.25) is 16.0 Å². The summed E-state index contributed by atoms with van der Waals surface area (Å²) in [4.78, 5) is 0. The lowest BCUT2D eigenvalue weighted by Crippen LogP contribution is -2.31. The Kier molecular flexibility index (Phi) is 4.46. The number of hydrazine groups is 1. The second kappa shape index (κ2) is 6.11. The van der Waals surface area contributed by atoms with Gasteiger partial charge < -0.3 is 0 Å². The molecule has 0 aliphatic carbocycles. The Morgan fingerprint density at radius 2 is 2.15 bits per heavy atom. The molecule has 0 radical (unpaired) electrons. The molecule has 1 unspecified atom stereocenters. The molecule has 0 saturated carbocycles. The van der Waals surface area contributed by atoms with Crippen molar-refractivity contribution < 1.29 is 8.78 Å². The first-order valence-electron chi connectivity index (χ1n) is 6.48. The third-order valence-corrected chi connectivity index (χ3v) is 3.36. The standard InChI is InChI=1S/C14H18F2N4/c1-3-9-7-10(20(2)19-9)8-13(18-17)11-5-4-6-12(15)14(11)16/h4-7,13,18H,3,8,17H2,1-2H3. The van der Waals surface area contributed by atoms with Crippen molar-refractivity contribution in [2.24, 2.45) is 12.9 Å². The fraction of sp³-hybridized carbons (Fsp3) is 0.357. The van der Waals surface area contributed by atoms with E-state index >= 15 is 0 Å². The smallest absolute Gasteiger partial charge is 0.163 e. The van der Waals surface area contributed by atoms with Crippen LogP contribution in [0.4, 0.5) is 8.78 Å². The van der Waals surface area contributed by atoms with E-state index in [9.17, 15) is 8.78 Å². The van der Waals surface area contributed by atoms with Crippen molar-refractivity contribution in [1.29, 1.82) is 0 Å². The molecule has 20 heavy (non-hydrogen) atoms. The van der Waals surface area contributed by atoms with Crippen LogP contribution in [0.15, 0.2) is 24.3 Å². The number of halogens is 2. The highest BCUT2D eigenvalue weighted by Gasteiger charge is 2.19. The summed E-state index contributed by atoms with van der Waals surface area (Å²) in [6.07, 6.45) is 1.25. The van der Waals surface area contributed by atoms with E-state index in [0.717, 1.165) is 23.9 Å². The fourth-order valence-corrected chi connectivity index (χ4v) is 2.19. The maximum absolute atomic E-state index is 13.8. The average molecular weight is 280 g/mol. The summed E-state index contributed by atoms with van der Waals surface area (Å²) in [5.41, 5.74) is 4.62. The SMILES string of the molecule is CCc1cc(CC(NN)c2cccc(F)c2F)n(C)n1. The van der Waals surface area contributed by atoms with Crippen LogP contribution in [0, 0.1) is 11.6 Å². The van der Waals surface area contributed by atoms with Gasteiger partial charge in [0.2, 0.25) is 0 Å². The van der Waals surface area contributed by atoms with E-state index in [4.69, 9.17) is 5.84 Å². The summed E-state index contributed by atoms with van der Waals surface area (Å²) in [6.45, 7) is 2.01. The van der Waals surface area contributed by atoms with Crippen LogP contribution in [0.25, 0.3) is 0 Å². The van der Waals surface area contributed by atoms with Crippen LogP contribution in [-0.2, 0) is 19.9 Å². The maximum atomic E-state index is 13.8. The minimum absolute atomic E-state index is 0.215. The van der Waals surface area contributed by atoms with Crippen molar-refractivity contribution in [1.82, 2.24) is 15.2 Å². The van der Waals surface area contributed by atoms with Gasteiger partial charge in [-0.1, -0.05) is 19.1 Å². The van der Waals surface area contributed by atoms with Crippen LogP contribution in [0.2, 0.25) is 0 Å². The molecule has 3 N–H and O–H groups in total. The molecule has 6 heteroatoms. The molecular formula is C14H18F2N4. The average Bonchev–Trinajstić information content (AvgIpc) is 2.80. The molecule has 0 amide bonds. The molecular weight excluding hydrogens is 262 g/mol. The molecule has 1 atom stereocenters. The maximum Gasteiger partial charge on any atom is 0.163 e. The Labute approximate surface area is 116 Å². The molecule has 0 aliphatic rings. The van der Waals surface area contributed by atoms with E-state index in [2.05, 4.69) is 10.5 Å². The number of aromatic nitrogens is 2. The van der Waals surface area contributed by atoms with Gasteiger partial charge in [0.1, 0.15) is 0 Å². The third-order valence-electron chi connectivity index (χ3n) is 3.36. The fourth-order valence-electron chi connectivity index (χ4n) is 2.19. The van der Waals surface area contributed by atoms with Gasteiger partial charge in [0.15, 0.2) is 11.6 Å². The third kappa shape index (κ3) is 2.86. The molecule has 0 saturated heterocycles. The molecule has 108 valence electrons. The molecule has 0 spiro atoms. The highest BCUT2D eigenvalue weighted by molar-refractivity contribution is 5.24. The van der Waals surface area contributed by atoms with Gasteiger partial charge in [0.05, 0.1) is 11.7 Å². The summed E-state index contributed by atoms with van der Waals surface area (Å²) in [6, 6.07) is 5.53. The normalized spacial score (nSPS) is 12.7. The minimum Gasteiger partial charge on any atom is -0.272 e. The summed E-state index contributed by atoms with van der Waals surface area (Å²) in [7, 11) is 1.82. The van der Waals surface area contributed by atoms with E-state index in [1.54, 1.807) is 4.68 Å². The van der Waals surface area contributed by atoms with E-state index < -0.39 is 17.7 Å². The van der Waals surface area contributed by atoms with Crippen molar-refractivity contribution in [3.8, 4) is 0 Å². The number of rotatable bonds is 5. The molecule has 1 aromatic carbocycles. The number of nitrogens with two attached hydrogens (primary N) is 1. The zero-order chi connectivity index (χ0) is 14.7. The molecule has 2 rings (SSSR count). The van der Waals surface area contributed by atoms with Crippen LogP contribution in [-0.4, -0.2) is 9.78 Å². The first-order chi connectivity index (χ1) is 9.56. The topological polar surface area (TPSA) is 55.9 Å². The first kappa shape index (κ1) is 14.6. The highest BCUT2D eigenvalue weighted by atomic mass is 19.2. The van der Waals surface area contributed by atoms with Gasteiger partial charge in [-0.15, -0.1) is 0 Å². The van der Waals surface area contributed by atoms with Gasteiger partial charge in [-0.25, -0.2) is 8.78 Å². The summed E-state index contributed by atoms with van der Waals surface area (Å²) in [5, 5.41) is 4.33. The number of hydrogen-bond donors (Lipinski definition) is 2. The lowest BCUT2D eigenvalue weighted by molar-refractivity contribution is 0.459. The zero-order valence-corrected chi connectivity index (χ0v) is 11.5. The minimum atomic E-state index is -0.873. The molecule has 4 nitrogen and oxygen atoms in total. The lowest BCUT2D eigenvalue weighted by Gasteiger charge is -2.17. The monoisotopic (exact) mass is 280 g/mol. The van der Waals surface area contributed by atoms with Gasteiger partial charge in [0.25, 0.3) is 0 Å². The van der Waals surface area contributed by atoms with E-state index in [1.165, 1.54) is 12.1 Å². The van der Waals surface area contributed by atoms with Gasteiger partial charge in [-0.2, -0.15) is 5.10 Å². The highest BCUT2D eigenvalue weighted by Crippen LogP contribution is 2.22. The molecule has 0 fully saturated rings. The second-order valence-electron chi connectivity index (χ2n) is 4.67. The van der Waals surface area contributed by atoms with Crippen LogP contribution in [0.5, 0.6) is 0 Å². The molecule has 0 bridgehead atoms. The first-order valence-corrected chi connectivity index (χ1v) is 6.48. The van der Waals surface area contributed by atoms with E-state index in [1.807, 2.05) is 20.0 Å². The Morgan fingerprint density at radius 3 is 2.75 bits per heavy atom. The van der Waals surface area contributed by atoms with E-state index in [0.29, 0.717) is 6.42 Å². The van der Waals surface area contributed by atoms with Crippen molar-refractivity contribution >= 4 is 0 Å².